The van der Waals surface area contributed by atoms with Gasteiger partial charge in [0.05, 0.1) is 11.4 Å². The van der Waals surface area contributed by atoms with Crippen molar-refractivity contribution in [1.82, 2.24) is 15.0 Å². The van der Waals surface area contributed by atoms with Crippen LogP contribution in [0.2, 0.25) is 5.02 Å². The highest BCUT2D eigenvalue weighted by atomic mass is 35.5. The number of aliphatic imine (C=N–C) groups is 2. The third kappa shape index (κ3) is 3.28. The smallest absolute Gasteiger partial charge is 0.223 e. The van der Waals surface area contributed by atoms with E-state index in [1.807, 2.05) is 25.1 Å². The van der Waals surface area contributed by atoms with Gasteiger partial charge in [0.15, 0.2) is 5.96 Å². The van der Waals surface area contributed by atoms with Crippen LogP contribution in [0.15, 0.2) is 46.4 Å². The first-order chi connectivity index (χ1) is 11.4. The monoisotopic (exact) mass is 342 g/mol. The second kappa shape index (κ2) is 6.17. The lowest BCUT2D eigenvalue weighted by atomic mass is 10.2. The molecule has 0 bridgehead atoms. The molecule has 3 rings (SSSR count). The van der Waals surface area contributed by atoms with Crippen molar-refractivity contribution >= 4 is 40.2 Å². The van der Waals surface area contributed by atoms with Crippen molar-refractivity contribution < 1.29 is 0 Å². The van der Waals surface area contributed by atoms with Gasteiger partial charge < -0.3 is 17.2 Å². The summed E-state index contributed by atoms with van der Waals surface area (Å²) in [6.45, 7) is 1.93. The van der Waals surface area contributed by atoms with Crippen molar-refractivity contribution in [3.63, 3.8) is 0 Å². The van der Waals surface area contributed by atoms with E-state index in [1.54, 1.807) is 18.2 Å². The Balaban J connectivity index is 2.00. The minimum atomic E-state index is -0.153. The molecule has 0 amide bonds. The summed E-state index contributed by atoms with van der Waals surface area (Å²) in [7, 11) is 0. The van der Waals surface area contributed by atoms with Gasteiger partial charge in [0.25, 0.3) is 0 Å². The normalized spacial score (nSPS) is 11.7. The molecule has 8 nitrogen and oxygen atoms in total. The second-order valence-electron chi connectivity index (χ2n) is 5.10. The summed E-state index contributed by atoms with van der Waals surface area (Å²) in [5, 5.41) is 9.51. The Bertz CT molecular complexity index is 969. The first kappa shape index (κ1) is 15.8. The van der Waals surface area contributed by atoms with Crippen molar-refractivity contribution in [3.8, 4) is 5.69 Å². The van der Waals surface area contributed by atoms with Gasteiger partial charge in [-0.05, 0) is 42.8 Å². The van der Waals surface area contributed by atoms with Gasteiger partial charge in [0.2, 0.25) is 5.96 Å². The lowest BCUT2D eigenvalue weighted by Crippen LogP contribution is -2.26. The van der Waals surface area contributed by atoms with Crippen molar-refractivity contribution in [2.24, 2.45) is 27.2 Å². The van der Waals surface area contributed by atoms with Gasteiger partial charge in [-0.2, -0.15) is 9.79 Å². The van der Waals surface area contributed by atoms with E-state index in [1.165, 1.54) is 4.80 Å². The van der Waals surface area contributed by atoms with Crippen molar-refractivity contribution in [1.29, 1.82) is 0 Å². The molecule has 0 aliphatic carbocycles. The van der Waals surface area contributed by atoms with Gasteiger partial charge in [-0.25, -0.2) is 4.99 Å². The largest absolute Gasteiger partial charge is 0.370 e. The van der Waals surface area contributed by atoms with Crippen LogP contribution in [0.5, 0.6) is 0 Å². The van der Waals surface area contributed by atoms with E-state index in [2.05, 4.69) is 20.2 Å². The minimum absolute atomic E-state index is 0.0351. The highest BCUT2D eigenvalue weighted by molar-refractivity contribution is 6.31. The second-order valence-corrected chi connectivity index (χ2v) is 5.51. The number of rotatable bonds is 2. The Hall–Kier alpha value is -3.13. The van der Waals surface area contributed by atoms with Gasteiger partial charge in [-0.15, -0.1) is 10.2 Å². The zero-order chi connectivity index (χ0) is 17.3. The van der Waals surface area contributed by atoms with Gasteiger partial charge in [-0.1, -0.05) is 17.7 Å². The van der Waals surface area contributed by atoms with Gasteiger partial charge in [0, 0.05) is 5.02 Å². The summed E-state index contributed by atoms with van der Waals surface area (Å²) in [5.41, 5.74) is 19.8. The van der Waals surface area contributed by atoms with E-state index >= 15 is 0 Å². The summed E-state index contributed by atoms with van der Waals surface area (Å²) < 4.78 is 0. The predicted octanol–water partition coefficient (Wildman–Crippen LogP) is 1.60. The van der Waals surface area contributed by atoms with Crippen LogP contribution < -0.4 is 17.2 Å². The number of benzene rings is 2. The van der Waals surface area contributed by atoms with Crippen LogP contribution in [0.4, 0.5) is 5.69 Å². The summed E-state index contributed by atoms with van der Waals surface area (Å²) in [4.78, 5) is 9.29. The minimum Gasteiger partial charge on any atom is -0.370 e. The van der Waals surface area contributed by atoms with Crippen LogP contribution in [-0.2, 0) is 0 Å². The zero-order valence-corrected chi connectivity index (χ0v) is 13.6. The van der Waals surface area contributed by atoms with E-state index in [0.29, 0.717) is 21.7 Å². The Morgan fingerprint density at radius 2 is 1.79 bits per heavy atom. The molecular weight excluding hydrogens is 328 g/mol. The Morgan fingerprint density at radius 3 is 2.50 bits per heavy atom. The molecule has 0 radical (unpaired) electrons. The van der Waals surface area contributed by atoms with Gasteiger partial charge in [-0.3, -0.25) is 0 Å². The number of fused-ring (bicyclic) bond motifs is 1. The molecular formula is C15H15ClN8. The summed E-state index contributed by atoms with van der Waals surface area (Å²) in [6, 6.07) is 10.9. The van der Waals surface area contributed by atoms with Crippen LogP contribution in [0, 0.1) is 6.92 Å². The van der Waals surface area contributed by atoms with Crippen LogP contribution >= 0.6 is 11.6 Å². The molecule has 122 valence electrons. The third-order valence-corrected chi connectivity index (χ3v) is 3.64. The number of hydrogen-bond acceptors (Lipinski definition) is 3. The van der Waals surface area contributed by atoms with Crippen molar-refractivity contribution in [2.75, 3.05) is 0 Å². The van der Waals surface area contributed by atoms with E-state index in [-0.39, 0.29) is 11.9 Å². The van der Waals surface area contributed by atoms with E-state index in [4.69, 9.17) is 28.8 Å². The van der Waals surface area contributed by atoms with Crippen LogP contribution in [-0.4, -0.2) is 26.9 Å². The SMILES string of the molecule is Cc1ccc(-n2nc3ccc(N=C(N)N=C(N)N)cc3n2)cc1Cl. The van der Waals surface area contributed by atoms with Gasteiger partial charge in [0.1, 0.15) is 11.0 Å². The topological polar surface area (TPSA) is 133 Å². The molecule has 3 aromatic rings. The highest BCUT2D eigenvalue weighted by Gasteiger charge is 2.07. The number of hydrogen-bond donors (Lipinski definition) is 3. The number of halogens is 1. The molecule has 24 heavy (non-hydrogen) atoms. The number of guanidine groups is 2. The highest BCUT2D eigenvalue weighted by Crippen LogP contribution is 2.22. The van der Waals surface area contributed by atoms with E-state index in [0.717, 1.165) is 11.3 Å². The molecule has 0 fully saturated rings. The molecule has 0 aliphatic rings. The van der Waals surface area contributed by atoms with Gasteiger partial charge >= 0.3 is 0 Å². The first-order valence-corrected chi connectivity index (χ1v) is 7.37. The Kier molecular flexibility index (Phi) is 4.05. The third-order valence-electron chi connectivity index (χ3n) is 3.24. The number of nitrogens with two attached hydrogens (primary N) is 3. The summed E-state index contributed by atoms with van der Waals surface area (Å²) in [6.07, 6.45) is 0. The number of nitrogens with zero attached hydrogens (tertiary/aromatic N) is 5. The van der Waals surface area contributed by atoms with E-state index < -0.39 is 0 Å². The lowest BCUT2D eigenvalue weighted by molar-refractivity contribution is 0.765. The molecule has 0 saturated carbocycles. The summed E-state index contributed by atoms with van der Waals surface area (Å²) >= 11 is 6.15. The first-order valence-electron chi connectivity index (χ1n) is 7.00. The molecule has 0 spiro atoms. The standard InChI is InChI=1S/C15H15ClN8/c1-8-2-4-10(7-11(8)16)24-22-12-5-3-9(6-13(12)23-24)20-15(19)21-14(17)18/h2-7H,1H3,(H6,17,18,19,20,21). The molecule has 1 aromatic heterocycles. The van der Waals surface area contributed by atoms with E-state index in [9.17, 15) is 0 Å². The molecule has 9 heteroatoms. The quantitative estimate of drug-likeness (QED) is 0.480. The van der Waals surface area contributed by atoms with Crippen LogP contribution in [0.3, 0.4) is 0 Å². The molecule has 0 atom stereocenters. The predicted molar refractivity (Wildman–Crippen MR) is 95.7 cm³/mol. The van der Waals surface area contributed by atoms with Crippen molar-refractivity contribution in [3.05, 3.63) is 47.0 Å². The fourth-order valence-corrected chi connectivity index (χ4v) is 2.26. The lowest BCUT2D eigenvalue weighted by Gasteiger charge is -2.01. The number of aryl methyl sites for hydroxylation is 1. The maximum Gasteiger partial charge on any atom is 0.223 e. The maximum atomic E-state index is 6.15. The molecule has 0 aliphatic heterocycles. The molecule has 2 aromatic carbocycles. The number of aromatic nitrogens is 3. The molecule has 0 saturated heterocycles. The molecule has 6 N–H and O–H groups in total. The maximum absolute atomic E-state index is 6.15. The average Bonchev–Trinajstić information content (AvgIpc) is 2.92. The van der Waals surface area contributed by atoms with Crippen LogP contribution in [0.25, 0.3) is 16.7 Å². The molecule has 0 unspecified atom stereocenters. The Labute approximate surface area is 142 Å². The average molecular weight is 343 g/mol. The fourth-order valence-electron chi connectivity index (χ4n) is 2.08. The zero-order valence-electron chi connectivity index (χ0n) is 12.8. The molecule has 1 heterocycles. The Morgan fingerprint density at radius 1 is 1.04 bits per heavy atom. The fraction of sp³-hybridized carbons (Fsp3) is 0.0667. The summed E-state index contributed by atoms with van der Waals surface area (Å²) in [5.74, 6) is -0.188. The van der Waals surface area contributed by atoms with Crippen molar-refractivity contribution in [2.45, 2.75) is 6.92 Å². The van der Waals surface area contributed by atoms with Crippen LogP contribution in [0.1, 0.15) is 5.56 Å².